The molecule has 2 saturated heterocycles. The van der Waals surface area contributed by atoms with E-state index in [9.17, 15) is 19.2 Å². The number of rotatable bonds is 5. The van der Waals surface area contributed by atoms with Crippen LogP contribution in [0, 0.1) is 0 Å². The summed E-state index contributed by atoms with van der Waals surface area (Å²) in [7, 11) is 1.74. The second-order valence-corrected chi connectivity index (χ2v) is 14.9. The van der Waals surface area contributed by atoms with Crippen molar-refractivity contribution in [2.45, 2.75) is 38.4 Å². The van der Waals surface area contributed by atoms with Crippen LogP contribution >= 0.6 is 11.3 Å². The first-order chi connectivity index (χ1) is 25.2. The van der Waals surface area contributed by atoms with E-state index < -0.39 is 11.9 Å². The average Bonchev–Trinajstić information content (AvgIpc) is 3.61. The maximum atomic E-state index is 13.4. The van der Waals surface area contributed by atoms with Gasteiger partial charge in [0.05, 0.1) is 27.9 Å². The lowest BCUT2D eigenvalue weighted by Gasteiger charge is -2.35. The maximum absolute atomic E-state index is 13.4. The minimum absolute atomic E-state index is 0.0392. The molecule has 0 spiro atoms. The molecule has 3 amide bonds. The number of thiophene rings is 1. The molecule has 6 aromatic rings. The summed E-state index contributed by atoms with van der Waals surface area (Å²) in [6.45, 7) is 6.51. The van der Waals surface area contributed by atoms with Crippen LogP contribution < -0.4 is 26.5 Å². The maximum Gasteiger partial charge on any atom is 0.329 e. The molecule has 14 heteroatoms. The Morgan fingerprint density at radius 3 is 2.65 bits per heavy atom. The highest BCUT2D eigenvalue weighted by Gasteiger charge is 2.32. The molecule has 4 aromatic heterocycles. The van der Waals surface area contributed by atoms with E-state index in [4.69, 9.17) is 9.97 Å². The zero-order valence-corrected chi connectivity index (χ0v) is 29.6. The van der Waals surface area contributed by atoms with Crippen LogP contribution in [0.5, 0.6) is 0 Å². The number of pyridine rings is 2. The summed E-state index contributed by atoms with van der Waals surface area (Å²) in [6, 6.07) is 17.5. The van der Waals surface area contributed by atoms with E-state index in [0.717, 1.165) is 81.0 Å². The fraction of sp³-hybridized carbons (Fsp3) is 0.316. The number of piperazine rings is 1. The summed E-state index contributed by atoms with van der Waals surface area (Å²) in [5.41, 5.74) is 5.87. The van der Waals surface area contributed by atoms with Gasteiger partial charge in [-0.25, -0.2) is 14.8 Å². The Labute approximate surface area is 302 Å². The molecule has 0 bridgehead atoms. The SMILES string of the molecule is C[C@@H]1CNc2c(sc3ccc4nc(-c5ccnc(N6CCN(Cc7cccc8c7n(C)c(=O)n8C7CCC(=O)NC7=O)CC6)c5)ccc4c23)C(=O)N1. The molecule has 1 unspecified atom stereocenters. The third-order valence-corrected chi connectivity index (χ3v) is 11.7. The highest BCUT2D eigenvalue weighted by atomic mass is 32.1. The first-order valence-corrected chi connectivity index (χ1v) is 18.4. The van der Waals surface area contributed by atoms with Gasteiger partial charge >= 0.3 is 5.69 Å². The van der Waals surface area contributed by atoms with Crippen LogP contribution in [0.3, 0.4) is 0 Å². The van der Waals surface area contributed by atoms with E-state index >= 15 is 0 Å². The van der Waals surface area contributed by atoms with Crippen LogP contribution in [-0.4, -0.2) is 80.5 Å². The molecule has 9 rings (SSSR count). The first kappa shape index (κ1) is 32.3. The van der Waals surface area contributed by atoms with Crippen LogP contribution in [-0.2, 0) is 23.2 Å². The van der Waals surface area contributed by atoms with Gasteiger partial charge in [-0.3, -0.25) is 33.7 Å². The van der Waals surface area contributed by atoms with Gasteiger partial charge in [-0.15, -0.1) is 11.3 Å². The minimum atomic E-state index is -0.710. The Hall–Kier alpha value is -5.60. The van der Waals surface area contributed by atoms with Gasteiger partial charge in [0, 0.05) is 86.0 Å². The molecule has 3 aliphatic heterocycles. The quantitative estimate of drug-likeness (QED) is 0.226. The number of nitrogens with zero attached hydrogens (tertiary/aromatic N) is 6. The number of fused-ring (bicyclic) bond motifs is 6. The summed E-state index contributed by atoms with van der Waals surface area (Å²) in [4.78, 5) is 65.9. The van der Waals surface area contributed by atoms with Crippen LogP contribution in [0.15, 0.2) is 65.6 Å². The molecule has 52 heavy (non-hydrogen) atoms. The van der Waals surface area contributed by atoms with Crippen molar-refractivity contribution in [3.05, 3.63) is 81.7 Å². The molecule has 7 heterocycles. The smallest absolute Gasteiger partial charge is 0.329 e. The Morgan fingerprint density at radius 1 is 0.981 bits per heavy atom. The zero-order valence-electron chi connectivity index (χ0n) is 28.8. The Balaban J connectivity index is 0.927. The van der Waals surface area contributed by atoms with Crippen molar-refractivity contribution in [3.8, 4) is 11.3 Å². The Kier molecular flexibility index (Phi) is 7.81. The van der Waals surface area contributed by atoms with Crippen molar-refractivity contribution in [3.63, 3.8) is 0 Å². The summed E-state index contributed by atoms with van der Waals surface area (Å²) in [6.07, 6.45) is 2.35. The van der Waals surface area contributed by atoms with Gasteiger partial charge in [0.15, 0.2) is 0 Å². The van der Waals surface area contributed by atoms with Crippen molar-refractivity contribution < 1.29 is 14.4 Å². The van der Waals surface area contributed by atoms with Crippen LogP contribution in [0.2, 0.25) is 0 Å². The fourth-order valence-corrected chi connectivity index (χ4v) is 8.99. The van der Waals surface area contributed by atoms with E-state index in [2.05, 4.69) is 43.9 Å². The van der Waals surface area contributed by atoms with Crippen LogP contribution in [0.1, 0.15) is 41.0 Å². The molecular formula is C38H37N9O4S. The van der Waals surface area contributed by atoms with Crippen molar-refractivity contribution in [1.29, 1.82) is 0 Å². The second-order valence-electron chi connectivity index (χ2n) is 13.9. The standard InChI is InChI=1S/C38H37N9O4S/c1-21-19-40-33-32-24-6-7-25(42-26(24)8-10-29(32)52-35(33)37(50)41-21)22-12-13-39-30(18-22)46-16-14-45(15-17-46)20-23-4-3-5-27-34(23)44(2)38(51)47(27)28-9-11-31(48)43-36(28)49/h3-8,10,12-13,18,21,28,40H,9,11,14-17,19-20H2,1-2H3,(H,41,50)(H,43,48,49)/t21-,28?/m1/s1. The topological polar surface area (TPSA) is 146 Å². The second kappa shape index (κ2) is 12.6. The number of nitrogens with one attached hydrogen (secondary N) is 3. The number of imide groups is 1. The van der Waals surface area contributed by atoms with Gasteiger partial charge in [-0.2, -0.15) is 0 Å². The van der Waals surface area contributed by atoms with E-state index in [1.807, 2.05) is 49.5 Å². The van der Waals surface area contributed by atoms with Gasteiger partial charge in [0.25, 0.3) is 5.91 Å². The van der Waals surface area contributed by atoms with Gasteiger partial charge in [-0.1, -0.05) is 12.1 Å². The molecule has 0 aliphatic carbocycles. The lowest BCUT2D eigenvalue weighted by molar-refractivity contribution is -0.135. The largest absolute Gasteiger partial charge is 0.381 e. The van der Waals surface area contributed by atoms with Gasteiger partial charge in [0.1, 0.15) is 16.7 Å². The van der Waals surface area contributed by atoms with Crippen molar-refractivity contribution in [2.24, 2.45) is 7.05 Å². The lowest BCUT2D eigenvalue weighted by atomic mass is 10.1. The average molecular weight is 716 g/mol. The zero-order chi connectivity index (χ0) is 35.7. The lowest BCUT2D eigenvalue weighted by Crippen LogP contribution is -2.46. The van der Waals surface area contributed by atoms with Crippen molar-refractivity contribution in [2.75, 3.05) is 42.9 Å². The molecule has 0 radical (unpaired) electrons. The molecule has 3 aliphatic rings. The summed E-state index contributed by atoms with van der Waals surface area (Å²) >= 11 is 1.51. The van der Waals surface area contributed by atoms with E-state index in [-0.39, 0.29) is 30.0 Å². The monoisotopic (exact) mass is 715 g/mol. The van der Waals surface area contributed by atoms with Crippen LogP contribution in [0.4, 0.5) is 11.5 Å². The number of aromatic nitrogens is 4. The number of hydrogen-bond donors (Lipinski definition) is 3. The van der Waals surface area contributed by atoms with Gasteiger partial charge < -0.3 is 15.5 Å². The number of benzene rings is 2. The molecule has 0 saturated carbocycles. The van der Waals surface area contributed by atoms with Gasteiger partial charge in [0.2, 0.25) is 11.8 Å². The molecule has 2 aromatic carbocycles. The predicted molar refractivity (Wildman–Crippen MR) is 202 cm³/mol. The van der Waals surface area contributed by atoms with E-state index in [1.54, 1.807) is 11.6 Å². The number of imidazole rings is 1. The normalized spacial score (nSPS) is 19.8. The van der Waals surface area contributed by atoms with Crippen molar-refractivity contribution in [1.82, 2.24) is 34.6 Å². The molecule has 2 atom stereocenters. The summed E-state index contributed by atoms with van der Waals surface area (Å²) < 4.78 is 4.21. The third-order valence-electron chi connectivity index (χ3n) is 10.5. The number of carbonyl (C=O) groups is 3. The molecule has 3 N–H and O–H groups in total. The summed E-state index contributed by atoms with van der Waals surface area (Å²) in [5.74, 6) is 0.120. The number of anilines is 2. The number of para-hydroxylation sites is 1. The number of piperidine rings is 1. The van der Waals surface area contributed by atoms with E-state index in [0.29, 0.717) is 29.9 Å². The van der Waals surface area contributed by atoms with Gasteiger partial charge in [-0.05, 0) is 61.4 Å². The Bertz CT molecular complexity index is 2510. The molecular weight excluding hydrogens is 679 g/mol. The van der Waals surface area contributed by atoms with Crippen LogP contribution in [0.25, 0.3) is 43.3 Å². The van der Waals surface area contributed by atoms with E-state index in [1.165, 1.54) is 15.9 Å². The fourth-order valence-electron chi connectivity index (χ4n) is 7.89. The highest BCUT2D eigenvalue weighted by Crippen LogP contribution is 2.41. The van der Waals surface area contributed by atoms with Crippen molar-refractivity contribution >= 4 is 72.6 Å². The molecule has 264 valence electrons. The first-order valence-electron chi connectivity index (χ1n) is 17.6. The minimum Gasteiger partial charge on any atom is -0.381 e. The number of carbonyl (C=O) groups excluding carboxylic acids is 3. The predicted octanol–water partition coefficient (Wildman–Crippen LogP) is 4.01. The Morgan fingerprint density at radius 2 is 1.83 bits per heavy atom. The number of amides is 3. The highest BCUT2D eigenvalue weighted by molar-refractivity contribution is 7.21. The number of hydrogen-bond acceptors (Lipinski definition) is 10. The third kappa shape index (κ3) is 5.40. The molecule has 13 nitrogen and oxygen atoms in total. The number of aryl methyl sites for hydroxylation is 1. The molecule has 2 fully saturated rings. The summed E-state index contributed by atoms with van der Waals surface area (Å²) in [5, 5.41) is 11.0.